The van der Waals surface area contributed by atoms with E-state index in [0.29, 0.717) is 6.42 Å². The highest BCUT2D eigenvalue weighted by molar-refractivity contribution is 5.77. The molecule has 0 amide bonds. The number of benzene rings is 1. The van der Waals surface area contributed by atoms with Crippen molar-refractivity contribution in [2.24, 2.45) is 12.5 Å². The van der Waals surface area contributed by atoms with Crippen molar-refractivity contribution in [3.8, 4) is 5.75 Å². The molecule has 0 aliphatic rings. The molecular weight excluding hydrogens is 256 g/mol. The number of aliphatic carboxylic acids is 1. The molecule has 5 nitrogen and oxygen atoms in total. The van der Waals surface area contributed by atoms with Gasteiger partial charge in [-0.15, -0.1) is 0 Å². The summed E-state index contributed by atoms with van der Waals surface area (Å²) >= 11 is 0. The molecule has 0 spiro atoms. The number of hydrogen-bond donors (Lipinski definition) is 1. The van der Waals surface area contributed by atoms with E-state index in [0.717, 1.165) is 22.6 Å². The zero-order valence-electron chi connectivity index (χ0n) is 12.3. The van der Waals surface area contributed by atoms with Crippen LogP contribution >= 0.6 is 0 Å². The lowest BCUT2D eigenvalue weighted by Gasteiger charge is -2.21. The Kier molecular flexibility index (Phi) is 3.70. The number of imidazole rings is 1. The Morgan fingerprint density at radius 1 is 1.45 bits per heavy atom. The number of aromatic nitrogens is 2. The van der Waals surface area contributed by atoms with Crippen LogP contribution in [0, 0.1) is 5.41 Å². The summed E-state index contributed by atoms with van der Waals surface area (Å²) in [7, 11) is 3.58. The predicted octanol–water partition coefficient (Wildman–Crippen LogP) is 2.63. The molecule has 2 rings (SSSR count). The molecule has 0 aliphatic carbocycles. The van der Waals surface area contributed by atoms with Crippen molar-refractivity contribution in [1.29, 1.82) is 0 Å². The third-order valence-electron chi connectivity index (χ3n) is 3.45. The van der Waals surface area contributed by atoms with Crippen LogP contribution in [0.1, 0.15) is 26.1 Å². The maximum absolute atomic E-state index is 10.9. The van der Waals surface area contributed by atoms with E-state index in [1.54, 1.807) is 7.11 Å². The van der Waals surface area contributed by atoms with Gasteiger partial charge in [-0.05, 0) is 17.5 Å². The van der Waals surface area contributed by atoms with E-state index in [1.807, 2.05) is 43.7 Å². The number of ether oxygens (including phenoxy) is 1. The smallest absolute Gasteiger partial charge is 0.303 e. The third kappa shape index (κ3) is 2.92. The van der Waals surface area contributed by atoms with Crippen LogP contribution in [0.4, 0.5) is 0 Å². The minimum Gasteiger partial charge on any atom is -0.497 e. The third-order valence-corrected chi connectivity index (χ3v) is 3.45. The average Bonchev–Trinajstić information content (AvgIpc) is 2.63. The van der Waals surface area contributed by atoms with Crippen LogP contribution in [-0.4, -0.2) is 27.7 Å². The Bertz CT molecular complexity index is 644. The summed E-state index contributed by atoms with van der Waals surface area (Å²) in [6.45, 7) is 3.89. The first-order chi connectivity index (χ1) is 9.32. The maximum Gasteiger partial charge on any atom is 0.303 e. The summed E-state index contributed by atoms with van der Waals surface area (Å²) in [5.41, 5.74) is 1.56. The van der Waals surface area contributed by atoms with Gasteiger partial charge in [0.25, 0.3) is 0 Å². The van der Waals surface area contributed by atoms with Gasteiger partial charge in [-0.3, -0.25) is 4.79 Å². The molecule has 0 atom stereocenters. The van der Waals surface area contributed by atoms with Gasteiger partial charge in [0.1, 0.15) is 11.6 Å². The van der Waals surface area contributed by atoms with E-state index in [2.05, 4.69) is 4.98 Å². The Morgan fingerprint density at radius 2 is 2.15 bits per heavy atom. The second-order valence-electron chi connectivity index (χ2n) is 5.85. The van der Waals surface area contributed by atoms with Crippen LogP contribution in [0.3, 0.4) is 0 Å². The van der Waals surface area contributed by atoms with E-state index in [9.17, 15) is 4.79 Å². The zero-order chi connectivity index (χ0) is 14.9. The first-order valence-electron chi connectivity index (χ1n) is 6.53. The molecular formula is C15H20N2O3. The Balaban J connectivity index is 2.35. The van der Waals surface area contributed by atoms with Gasteiger partial charge in [0.2, 0.25) is 0 Å². The Labute approximate surface area is 118 Å². The fourth-order valence-corrected chi connectivity index (χ4v) is 2.41. The lowest BCUT2D eigenvalue weighted by atomic mass is 9.85. The fourth-order valence-electron chi connectivity index (χ4n) is 2.41. The number of carboxylic acid groups (broad SMARTS) is 1. The molecule has 0 saturated heterocycles. The highest BCUT2D eigenvalue weighted by Crippen LogP contribution is 2.28. The van der Waals surface area contributed by atoms with Crippen LogP contribution in [0.15, 0.2) is 18.2 Å². The zero-order valence-corrected chi connectivity index (χ0v) is 12.3. The molecule has 1 aromatic carbocycles. The normalized spacial score (nSPS) is 11.8. The second kappa shape index (κ2) is 5.15. The number of methoxy groups -OCH3 is 1. The van der Waals surface area contributed by atoms with Crippen molar-refractivity contribution < 1.29 is 14.6 Å². The van der Waals surface area contributed by atoms with Gasteiger partial charge in [0.15, 0.2) is 0 Å². The van der Waals surface area contributed by atoms with E-state index < -0.39 is 5.97 Å². The summed E-state index contributed by atoms with van der Waals surface area (Å²) in [5, 5.41) is 8.96. The molecule has 0 radical (unpaired) electrons. The molecule has 2 aromatic rings. The second-order valence-corrected chi connectivity index (χ2v) is 5.85. The summed E-state index contributed by atoms with van der Waals surface area (Å²) < 4.78 is 7.21. The fraction of sp³-hybridized carbons (Fsp3) is 0.467. The van der Waals surface area contributed by atoms with Crippen LogP contribution in [0.5, 0.6) is 5.75 Å². The van der Waals surface area contributed by atoms with Crippen molar-refractivity contribution in [3.63, 3.8) is 0 Å². The van der Waals surface area contributed by atoms with Crippen molar-refractivity contribution in [3.05, 3.63) is 24.0 Å². The van der Waals surface area contributed by atoms with Gasteiger partial charge < -0.3 is 14.4 Å². The van der Waals surface area contributed by atoms with Gasteiger partial charge in [0, 0.05) is 19.5 Å². The summed E-state index contributed by atoms with van der Waals surface area (Å²) in [5.74, 6) is 0.877. The molecule has 0 aliphatic heterocycles. The number of carboxylic acids is 1. The Morgan fingerprint density at radius 3 is 2.75 bits per heavy atom. The topological polar surface area (TPSA) is 64.3 Å². The summed E-state index contributed by atoms with van der Waals surface area (Å²) in [6.07, 6.45) is 0.742. The number of carbonyl (C=O) groups is 1. The number of fused-ring (bicyclic) bond motifs is 1. The average molecular weight is 276 g/mol. The highest BCUT2D eigenvalue weighted by atomic mass is 16.5. The molecule has 1 aromatic heterocycles. The van der Waals surface area contributed by atoms with Crippen molar-refractivity contribution in [1.82, 2.24) is 9.55 Å². The van der Waals surface area contributed by atoms with E-state index in [-0.39, 0.29) is 11.8 Å². The van der Waals surface area contributed by atoms with Crippen LogP contribution in [0.25, 0.3) is 11.0 Å². The van der Waals surface area contributed by atoms with Crippen LogP contribution < -0.4 is 4.74 Å². The number of nitrogens with zero attached hydrogens (tertiary/aromatic N) is 2. The first kappa shape index (κ1) is 14.4. The standard InChI is InChI=1S/C15H20N2O3/c1-15(2,9-14(18)19)8-13-16-11-7-10(20-4)5-6-12(11)17(13)3/h5-7H,8-9H2,1-4H3,(H,18,19). The largest absolute Gasteiger partial charge is 0.497 e. The van der Waals surface area contributed by atoms with Gasteiger partial charge in [0.05, 0.1) is 24.6 Å². The van der Waals surface area contributed by atoms with E-state index >= 15 is 0 Å². The molecule has 0 unspecified atom stereocenters. The van der Waals surface area contributed by atoms with Gasteiger partial charge in [-0.25, -0.2) is 4.98 Å². The quantitative estimate of drug-likeness (QED) is 0.911. The van der Waals surface area contributed by atoms with Crippen molar-refractivity contribution in [2.45, 2.75) is 26.7 Å². The molecule has 108 valence electrons. The summed E-state index contributed by atoms with van der Waals surface area (Å²) in [6, 6.07) is 5.76. The Hall–Kier alpha value is -2.04. The summed E-state index contributed by atoms with van der Waals surface area (Å²) in [4.78, 5) is 15.5. The van der Waals surface area contributed by atoms with E-state index in [4.69, 9.17) is 9.84 Å². The number of aryl methyl sites for hydroxylation is 1. The van der Waals surface area contributed by atoms with Crippen LogP contribution in [0.2, 0.25) is 0 Å². The SMILES string of the molecule is COc1ccc2c(c1)nc(CC(C)(C)CC(=O)O)n2C. The molecule has 0 bridgehead atoms. The molecule has 20 heavy (non-hydrogen) atoms. The van der Waals surface area contributed by atoms with Crippen LogP contribution in [-0.2, 0) is 18.3 Å². The number of hydrogen-bond acceptors (Lipinski definition) is 3. The van der Waals surface area contributed by atoms with Gasteiger partial charge in [-0.1, -0.05) is 13.8 Å². The monoisotopic (exact) mass is 276 g/mol. The minimum atomic E-state index is -0.782. The predicted molar refractivity (Wildman–Crippen MR) is 77.0 cm³/mol. The maximum atomic E-state index is 10.9. The first-order valence-corrected chi connectivity index (χ1v) is 6.53. The van der Waals surface area contributed by atoms with Gasteiger partial charge in [-0.2, -0.15) is 0 Å². The van der Waals surface area contributed by atoms with Crippen molar-refractivity contribution >= 4 is 17.0 Å². The molecule has 5 heteroatoms. The van der Waals surface area contributed by atoms with Gasteiger partial charge >= 0.3 is 5.97 Å². The molecule has 0 fully saturated rings. The van der Waals surface area contributed by atoms with E-state index in [1.165, 1.54) is 0 Å². The lowest BCUT2D eigenvalue weighted by Crippen LogP contribution is -2.21. The molecule has 0 saturated carbocycles. The molecule has 1 heterocycles. The minimum absolute atomic E-state index is 0.125. The van der Waals surface area contributed by atoms with Crippen molar-refractivity contribution in [2.75, 3.05) is 7.11 Å². The number of rotatable bonds is 5. The lowest BCUT2D eigenvalue weighted by molar-refractivity contribution is -0.139. The molecule has 1 N–H and O–H groups in total. The highest BCUT2D eigenvalue weighted by Gasteiger charge is 2.25.